The first-order valence-corrected chi connectivity index (χ1v) is 44.0. The lowest BCUT2D eigenvalue weighted by atomic mass is 9.96. The summed E-state index contributed by atoms with van der Waals surface area (Å²) in [6.45, 7) is 16.0. The summed E-state index contributed by atoms with van der Waals surface area (Å²) in [6, 6.07) is -18.3. The Morgan fingerprint density at radius 3 is 1.07 bits per heavy atom. The molecule has 0 spiro atoms. The molecule has 16 amide bonds. The van der Waals surface area contributed by atoms with Gasteiger partial charge in [0.15, 0.2) is 5.96 Å². The second kappa shape index (κ2) is 60.3. The number of thiol groups is 3. The highest BCUT2D eigenvalue weighted by atomic mass is 32.1. The molecule has 0 aliphatic rings. The summed E-state index contributed by atoms with van der Waals surface area (Å²) >= 11 is 12.6. The van der Waals surface area contributed by atoms with Crippen LogP contribution in [0.3, 0.4) is 0 Å². The van der Waals surface area contributed by atoms with Gasteiger partial charge < -0.3 is 132 Å². The third-order valence-electron chi connectivity index (χ3n) is 19.6. The predicted molar refractivity (Wildman–Crippen MR) is 477 cm³/mol. The molecule has 17 atom stereocenters. The predicted octanol–water partition coefficient (Wildman–Crippen LogP) is -6.00. The molecule has 0 saturated heterocycles. The molecular formula is C80H130N20O27S3. The van der Waals surface area contributed by atoms with Gasteiger partial charge in [-0.25, -0.2) is 4.79 Å². The van der Waals surface area contributed by atoms with Crippen molar-refractivity contribution in [3.63, 3.8) is 0 Å². The Morgan fingerprint density at radius 2 is 0.692 bits per heavy atom. The summed E-state index contributed by atoms with van der Waals surface area (Å²) < 4.78 is 0. The number of aliphatic hydroxyl groups excluding tert-OH is 1. The largest absolute Gasteiger partial charge is 0.481 e. The van der Waals surface area contributed by atoms with Crippen LogP contribution in [0.15, 0.2) is 30.3 Å². The van der Waals surface area contributed by atoms with Gasteiger partial charge in [-0.2, -0.15) is 37.9 Å². The Balaban J connectivity index is 3.61. The number of carboxylic acid groups (broad SMARTS) is 5. The van der Waals surface area contributed by atoms with Gasteiger partial charge in [0.2, 0.25) is 94.5 Å². The van der Waals surface area contributed by atoms with Gasteiger partial charge in [0.05, 0.1) is 19.6 Å². The highest BCUT2D eigenvalue weighted by molar-refractivity contribution is 7.80. The number of benzene rings is 1. The summed E-state index contributed by atoms with van der Waals surface area (Å²) in [5.41, 5.74) is 11.4. The van der Waals surface area contributed by atoms with Crippen LogP contribution in [0.5, 0.6) is 0 Å². The number of amides is 16. The minimum Gasteiger partial charge on any atom is -0.481 e. The van der Waals surface area contributed by atoms with Crippen LogP contribution in [0.2, 0.25) is 0 Å². The van der Waals surface area contributed by atoms with Gasteiger partial charge in [-0.1, -0.05) is 106 Å². The smallest absolute Gasteiger partial charge is 0.326 e. The Kier molecular flexibility index (Phi) is 53.9. The molecule has 1 rings (SSSR count). The van der Waals surface area contributed by atoms with Crippen LogP contribution in [0.1, 0.15) is 165 Å². The van der Waals surface area contributed by atoms with Crippen molar-refractivity contribution < 1.29 is 131 Å². The quantitative estimate of drug-likeness (QED) is 0.0125. The number of aliphatic carboxylic acids is 5. The third-order valence-corrected chi connectivity index (χ3v) is 20.7. The van der Waals surface area contributed by atoms with Crippen LogP contribution in [0.25, 0.3) is 0 Å². The number of hydrogen-bond acceptors (Lipinski definition) is 27. The normalized spacial score (nSPS) is 15.1. The summed E-state index contributed by atoms with van der Waals surface area (Å²) in [5, 5.41) is 107. The Labute approximate surface area is 768 Å². The molecule has 50 heteroatoms. The van der Waals surface area contributed by atoms with Gasteiger partial charge in [0.25, 0.3) is 0 Å². The number of carboxylic acids is 5. The van der Waals surface area contributed by atoms with Gasteiger partial charge in [0.1, 0.15) is 96.7 Å². The zero-order chi connectivity index (χ0) is 99.1. The number of rotatable bonds is 63. The van der Waals surface area contributed by atoms with Gasteiger partial charge in [0, 0.05) is 49.5 Å². The molecular weight excluding hydrogens is 1770 g/mol. The molecule has 0 bridgehead atoms. The molecule has 130 heavy (non-hydrogen) atoms. The van der Waals surface area contributed by atoms with E-state index in [0.717, 1.165) is 0 Å². The summed E-state index contributed by atoms with van der Waals surface area (Å²) in [6.07, 6.45) is -5.63. The first-order chi connectivity index (χ1) is 60.9. The lowest BCUT2D eigenvalue weighted by Gasteiger charge is -2.29. The Hall–Kier alpha value is -11.7. The maximum Gasteiger partial charge on any atom is 0.326 e. The highest BCUT2D eigenvalue weighted by Gasteiger charge is 2.40. The van der Waals surface area contributed by atoms with Crippen LogP contribution in [-0.4, -0.2) is 295 Å². The van der Waals surface area contributed by atoms with Crippen molar-refractivity contribution >= 4 is 168 Å². The van der Waals surface area contributed by atoms with E-state index in [9.17, 15) is 126 Å². The molecule has 0 aliphatic heterocycles. The fraction of sp³-hybridized carbons (Fsp3) is 0.650. The number of nitrogens with two attached hydrogens (primary N) is 2. The van der Waals surface area contributed by atoms with E-state index < -0.39 is 320 Å². The van der Waals surface area contributed by atoms with E-state index in [1.807, 2.05) is 0 Å². The maximum absolute atomic E-state index is 14.7. The minimum absolute atomic E-state index is 0.0223. The first-order valence-electron chi connectivity index (χ1n) is 42.1. The second-order valence-corrected chi connectivity index (χ2v) is 33.5. The van der Waals surface area contributed by atoms with Gasteiger partial charge in [-0.05, 0) is 93.4 Å². The van der Waals surface area contributed by atoms with Crippen molar-refractivity contribution in [2.75, 3.05) is 37.0 Å². The molecule has 0 heterocycles. The third kappa shape index (κ3) is 44.6. The van der Waals surface area contributed by atoms with E-state index >= 15 is 0 Å². The van der Waals surface area contributed by atoms with Crippen molar-refractivity contribution in [1.29, 1.82) is 5.41 Å². The van der Waals surface area contributed by atoms with Crippen LogP contribution in [0.4, 0.5) is 0 Å². The van der Waals surface area contributed by atoms with E-state index in [0.29, 0.717) is 12.0 Å². The fourth-order valence-corrected chi connectivity index (χ4v) is 13.1. The fourth-order valence-electron chi connectivity index (χ4n) is 12.4. The number of carbonyl (C=O) groups is 21. The van der Waals surface area contributed by atoms with E-state index in [2.05, 4.69) is 128 Å². The maximum atomic E-state index is 14.7. The molecule has 0 aliphatic carbocycles. The van der Waals surface area contributed by atoms with E-state index in [-0.39, 0.29) is 56.9 Å². The molecule has 0 fully saturated rings. The molecule has 0 unspecified atom stereocenters. The van der Waals surface area contributed by atoms with Crippen molar-refractivity contribution in [1.82, 2.24) is 90.4 Å². The van der Waals surface area contributed by atoms with Gasteiger partial charge in [-0.15, -0.1) is 0 Å². The molecule has 730 valence electrons. The van der Waals surface area contributed by atoms with Crippen molar-refractivity contribution in [3.8, 4) is 0 Å². The lowest BCUT2D eigenvalue weighted by Crippen LogP contribution is -2.62. The average molecular weight is 1900 g/mol. The second-order valence-electron chi connectivity index (χ2n) is 32.4. The Morgan fingerprint density at radius 1 is 0.369 bits per heavy atom. The number of guanidine groups is 1. The zero-order valence-corrected chi connectivity index (χ0v) is 77.1. The summed E-state index contributed by atoms with van der Waals surface area (Å²) in [7, 11) is 0. The SMILES string of the molecule is CC[C@H](C)[C@H](NC(=O)CN)C(=O)N[C@H](C(=O)N[C@@H](CCC(=O)O)C(=O)N[C@@H](CCC(=O)O)C(=O)N[C@@H](CS)C(=O)N[C@@H](CS)C(=O)N[C@@H](Cc1ccccc1)C(=O)N[C@@H](CCCNC(=N)N)C(=O)N[C@@H](CO)C(=O)N[C@@H](CS)C(=O)N[C@@H](CC(=O)O)C(=O)N[C@@H](CC(C)C)C(=O)N[C@@H](C)C(=O)N[C@@H](CC(C)C)C(=O)N[C@@H](CC(C)C)C(=O)N[C@@H](CCC(=O)O)C(=O)O)C(C)C. The van der Waals surface area contributed by atoms with Crippen LogP contribution in [-0.2, 0) is 107 Å². The molecule has 28 N–H and O–H groups in total. The molecule has 1 aromatic rings. The monoisotopic (exact) mass is 1900 g/mol. The van der Waals surface area contributed by atoms with Crippen molar-refractivity contribution in [3.05, 3.63) is 35.9 Å². The van der Waals surface area contributed by atoms with E-state index in [1.54, 1.807) is 85.7 Å². The minimum atomic E-state index is -2.02. The Bertz CT molecular complexity index is 4060. The lowest BCUT2D eigenvalue weighted by molar-refractivity contribution is -0.144. The number of hydrogen-bond donors (Lipinski definition) is 29. The average Bonchev–Trinajstić information content (AvgIpc) is 0.851. The first kappa shape index (κ1) is 116. The van der Waals surface area contributed by atoms with Crippen molar-refractivity contribution in [2.24, 2.45) is 41.1 Å². The summed E-state index contributed by atoms with van der Waals surface area (Å²) in [5.74, 6) is -28.8. The number of carbonyl (C=O) groups excluding carboxylic acids is 16. The standard InChI is InChI=1S/C80H130N20O27S3/c1-12-41(10)63(99-57(102)32-81)78(125)100-62(40(8)9)77(124)88-46(21-24-59(105)106)66(113)87-45(20-23-58(103)104)67(114)96-56(36-130)76(123)98-55(35-129)74(121)93-51(30-43-17-14-13-15-18-43)71(118)86-44(19-16-26-84-80(82)83)65(112)95-53(33-101)73(120)97-54(34-128)75(122)94-52(31-61(109)110)72(119)91-48(27-37(2)3)68(115)85-42(11)64(111)90-49(28-38(4)5)70(117)92-50(29-39(6)7)69(116)89-47(79(126)127)22-25-60(107)108/h13-15,17-18,37-42,44-56,62-63,101,128-130H,12,16,19-36,81H2,1-11H3,(H,85,115)(H,86,118)(H,87,113)(H,88,124)(H,89,116)(H,90,111)(H,91,119)(H,92,117)(H,93,121)(H,94,122)(H,95,112)(H,96,114)(H,97,120)(H,98,123)(H,99,102)(H,100,125)(H,103,104)(H,105,106)(H,107,108)(H,109,110)(H,126,127)(H4,82,83,84)/t41-,42-,44-,45-,46-,47-,48-,49-,50-,51-,52-,53-,54-,55-,56-,62-,63-/m0/s1. The molecule has 1 aromatic carbocycles. The van der Waals surface area contributed by atoms with E-state index in [1.165, 1.54) is 20.8 Å². The molecule has 0 saturated carbocycles. The highest BCUT2D eigenvalue weighted by Crippen LogP contribution is 2.17. The number of aliphatic hydroxyl groups is 1. The van der Waals surface area contributed by atoms with Crippen LogP contribution < -0.4 is 102 Å². The van der Waals surface area contributed by atoms with Crippen LogP contribution >= 0.6 is 37.9 Å². The molecule has 0 aromatic heterocycles. The zero-order valence-electron chi connectivity index (χ0n) is 74.4. The van der Waals surface area contributed by atoms with Gasteiger partial charge in [-0.3, -0.25) is 101 Å². The molecule has 0 radical (unpaired) electrons. The van der Waals surface area contributed by atoms with Crippen molar-refractivity contribution in [2.45, 2.75) is 263 Å². The topological polar surface area (TPSA) is 760 Å². The molecule has 47 nitrogen and oxygen atoms in total. The van der Waals surface area contributed by atoms with Gasteiger partial charge >= 0.3 is 29.8 Å². The summed E-state index contributed by atoms with van der Waals surface area (Å²) in [4.78, 5) is 282. The number of nitrogens with one attached hydrogen (secondary N) is 18. The van der Waals surface area contributed by atoms with E-state index in [4.69, 9.17) is 22.0 Å². The van der Waals surface area contributed by atoms with Crippen LogP contribution in [0, 0.1) is 35.0 Å².